The molecule has 0 atom stereocenters. The molecule has 3 rings (SSSR count). The lowest BCUT2D eigenvalue weighted by molar-refractivity contribution is 1.16. The van der Waals surface area contributed by atoms with Crippen molar-refractivity contribution in [3.63, 3.8) is 0 Å². The standard InChI is InChI=1S/C18H17N3/c1-13-8-9-14(2)16(12-13)17-10-11-19-18(21-17)20-15-6-4-3-5-7-15/h3-12H,1-2H3,(H,19,20,21). The molecule has 3 nitrogen and oxygen atoms in total. The van der Waals surface area contributed by atoms with Gasteiger partial charge in [0.25, 0.3) is 0 Å². The van der Waals surface area contributed by atoms with E-state index in [1.807, 2.05) is 36.4 Å². The summed E-state index contributed by atoms with van der Waals surface area (Å²) < 4.78 is 0. The van der Waals surface area contributed by atoms with E-state index in [0.717, 1.165) is 16.9 Å². The second-order valence-corrected chi connectivity index (χ2v) is 5.07. The quantitative estimate of drug-likeness (QED) is 0.764. The highest BCUT2D eigenvalue weighted by molar-refractivity contribution is 5.66. The van der Waals surface area contributed by atoms with Crippen LogP contribution in [0.2, 0.25) is 0 Å². The molecular weight excluding hydrogens is 258 g/mol. The molecule has 0 saturated carbocycles. The van der Waals surface area contributed by atoms with Crippen molar-refractivity contribution in [1.82, 2.24) is 9.97 Å². The summed E-state index contributed by atoms with van der Waals surface area (Å²) in [5.41, 5.74) is 5.51. The summed E-state index contributed by atoms with van der Waals surface area (Å²) in [6.07, 6.45) is 1.79. The lowest BCUT2D eigenvalue weighted by atomic mass is 10.0. The maximum atomic E-state index is 4.62. The Hall–Kier alpha value is -2.68. The van der Waals surface area contributed by atoms with Crippen LogP contribution in [-0.2, 0) is 0 Å². The van der Waals surface area contributed by atoms with Gasteiger partial charge in [0.2, 0.25) is 5.95 Å². The zero-order chi connectivity index (χ0) is 14.7. The Morgan fingerprint density at radius 1 is 0.905 bits per heavy atom. The molecule has 0 radical (unpaired) electrons. The molecule has 104 valence electrons. The minimum Gasteiger partial charge on any atom is -0.324 e. The molecule has 0 amide bonds. The number of anilines is 2. The molecule has 3 heteroatoms. The molecule has 0 aliphatic rings. The highest BCUT2D eigenvalue weighted by atomic mass is 15.1. The second kappa shape index (κ2) is 5.75. The average molecular weight is 275 g/mol. The summed E-state index contributed by atoms with van der Waals surface area (Å²) in [6.45, 7) is 4.19. The summed E-state index contributed by atoms with van der Waals surface area (Å²) in [5, 5.41) is 3.23. The van der Waals surface area contributed by atoms with Crippen LogP contribution < -0.4 is 5.32 Å². The summed E-state index contributed by atoms with van der Waals surface area (Å²) >= 11 is 0. The van der Waals surface area contributed by atoms with Crippen molar-refractivity contribution in [2.24, 2.45) is 0 Å². The maximum Gasteiger partial charge on any atom is 0.227 e. The molecule has 1 aromatic heterocycles. The molecule has 0 bridgehead atoms. The minimum atomic E-state index is 0.611. The van der Waals surface area contributed by atoms with Crippen LogP contribution in [0.1, 0.15) is 11.1 Å². The molecule has 2 aromatic carbocycles. The van der Waals surface area contributed by atoms with Crippen LogP contribution in [0.15, 0.2) is 60.8 Å². The van der Waals surface area contributed by atoms with Crippen LogP contribution in [0.4, 0.5) is 11.6 Å². The SMILES string of the molecule is Cc1ccc(C)c(-c2ccnc(Nc3ccccc3)n2)c1. The number of benzene rings is 2. The van der Waals surface area contributed by atoms with Gasteiger partial charge in [-0.05, 0) is 43.7 Å². The Morgan fingerprint density at radius 2 is 1.71 bits per heavy atom. The number of para-hydroxylation sites is 1. The first-order valence-corrected chi connectivity index (χ1v) is 6.95. The molecule has 0 saturated heterocycles. The van der Waals surface area contributed by atoms with Crippen molar-refractivity contribution in [3.8, 4) is 11.3 Å². The van der Waals surface area contributed by atoms with Gasteiger partial charge in [-0.25, -0.2) is 9.97 Å². The number of rotatable bonds is 3. The van der Waals surface area contributed by atoms with Crippen molar-refractivity contribution >= 4 is 11.6 Å². The Morgan fingerprint density at radius 3 is 2.52 bits per heavy atom. The van der Waals surface area contributed by atoms with Crippen molar-refractivity contribution in [2.45, 2.75) is 13.8 Å². The van der Waals surface area contributed by atoms with Gasteiger partial charge < -0.3 is 5.32 Å². The number of hydrogen-bond donors (Lipinski definition) is 1. The number of nitrogens with zero attached hydrogens (tertiary/aromatic N) is 2. The summed E-state index contributed by atoms with van der Waals surface area (Å²) in [7, 11) is 0. The van der Waals surface area contributed by atoms with Gasteiger partial charge in [0.1, 0.15) is 0 Å². The van der Waals surface area contributed by atoms with E-state index in [-0.39, 0.29) is 0 Å². The van der Waals surface area contributed by atoms with Gasteiger partial charge in [-0.3, -0.25) is 0 Å². The summed E-state index contributed by atoms with van der Waals surface area (Å²) in [6, 6.07) is 18.3. The van der Waals surface area contributed by atoms with Crippen molar-refractivity contribution in [2.75, 3.05) is 5.32 Å². The largest absolute Gasteiger partial charge is 0.324 e. The zero-order valence-electron chi connectivity index (χ0n) is 12.2. The van der Waals surface area contributed by atoms with Crippen LogP contribution >= 0.6 is 0 Å². The van der Waals surface area contributed by atoms with E-state index in [1.54, 1.807) is 6.20 Å². The normalized spacial score (nSPS) is 10.4. The van der Waals surface area contributed by atoms with Crippen LogP contribution in [0, 0.1) is 13.8 Å². The lowest BCUT2D eigenvalue weighted by Gasteiger charge is -2.09. The fourth-order valence-corrected chi connectivity index (χ4v) is 2.23. The Labute approximate surface area is 124 Å². The third kappa shape index (κ3) is 3.08. The average Bonchev–Trinajstić information content (AvgIpc) is 2.51. The summed E-state index contributed by atoms with van der Waals surface area (Å²) in [4.78, 5) is 8.91. The van der Waals surface area contributed by atoms with E-state index in [0.29, 0.717) is 5.95 Å². The van der Waals surface area contributed by atoms with Gasteiger partial charge in [0.05, 0.1) is 5.69 Å². The Kier molecular flexibility index (Phi) is 3.65. The molecule has 1 N–H and O–H groups in total. The highest BCUT2D eigenvalue weighted by Gasteiger charge is 2.06. The van der Waals surface area contributed by atoms with Gasteiger partial charge in [-0.1, -0.05) is 35.9 Å². The van der Waals surface area contributed by atoms with Crippen LogP contribution in [0.5, 0.6) is 0 Å². The van der Waals surface area contributed by atoms with Gasteiger partial charge >= 0.3 is 0 Å². The zero-order valence-corrected chi connectivity index (χ0v) is 12.2. The van der Waals surface area contributed by atoms with E-state index in [2.05, 4.69) is 47.3 Å². The first-order valence-electron chi connectivity index (χ1n) is 6.95. The lowest BCUT2D eigenvalue weighted by Crippen LogP contribution is -1.98. The van der Waals surface area contributed by atoms with Gasteiger partial charge in [0.15, 0.2) is 0 Å². The monoisotopic (exact) mass is 275 g/mol. The Balaban J connectivity index is 1.95. The smallest absolute Gasteiger partial charge is 0.227 e. The summed E-state index contributed by atoms with van der Waals surface area (Å²) in [5.74, 6) is 0.611. The molecule has 0 unspecified atom stereocenters. The number of aryl methyl sites for hydroxylation is 2. The van der Waals surface area contributed by atoms with Gasteiger partial charge in [0, 0.05) is 17.4 Å². The Bertz CT molecular complexity index is 751. The maximum absolute atomic E-state index is 4.62. The van der Waals surface area contributed by atoms with Crippen LogP contribution in [0.25, 0.3) is 11.3 Å². The molecular formula is C18H17N3. The van der Waals surface area contributed by atoms with Gasteiger partial charge in [-0.2, -0.15) is 0 Å². The highest BCUT2D eigenvalue weighted by Crippen LogP contribution is 2.23. The van der Waals surface area contributed by atoms with Crippen molar-refractivity contribution in [3.05, 3.63) is 71.9 Å². The molecule has 0 fully saturated rings. The van der Waals surface area contributed by atoms with E-state index in [9.17, 15) is 0 Å². The second-order valence-electron chi connectivity index (χ2n) is 5.07. The first kappa shape index (κ1) is 13.3. The third-order valence-electron chi connectivity index (χ3n) is 3.35. The molecule has 0 spiro atoms. The molecule has 3 aromatic rings. The minimum absolute atomic E-state index is 0.611. The topological polar surface area (TPSA) is 37.8 Å². The fourth-order valence-electron chi connectivity index (χ4n) is 2.23. The predicted octanol–water partition coefficient (Wildman–Crippen LogP) is 4.50. The van der Waals surface area contributed by atoms with Gasteiger partial charge in [-0.15, -0.1) is 0 Å². The van der Waals surface area contributed by atoms with Crippen LogP contribution in [-0.4, -0.2) is 9.97 Å². The molecule has 0 aliphatic heterocycles. The van der Waals surface area contributed by atoms with E-state index >= 15 is 0 Å². The number of aromatic nitrogens is 2. The first-order chi connectivity index (χ1) is 10.2. The number of hydrogen-bond acceptors (Lipinski definition) is 3. The van der Waals surface area contributed by atoms with Crippen molar-refractivity contribution in [1.29, 1.82) is 0 Å². The van der Waals surface area contributed by atoms with E-state index < -0.39 is 0 Å². The third-order valence-corrected chi connectivity index (χ3v) is 3.35. The fraction of sp³-hybridized carbons (Fsp3) is 0.111. The van der Waals surface area contributed by atoms with Crippen molar-refractivity contribution < 1.29 is 0 Å². The molecule has 1 heterocycles. The number of nitrogens with one attached hydrogen (secondary N) is 1. The molecule has 0 aliphatic carbocycles. The van der Waals surface area contributed by atoms with E-state index in [1.165, 1.54) is 11.1 Å². The van der Waals surface area contributed by atoms with Crippen LogP contribution in [0.3, 0.4) is 0 Å². The predicted molar refractivity (Wildman–Crippen MR) is 86.7 cm³/mol. The van der Waals surface area contributed by atoms with E-state index in [4.69, 9.17) is 0 Å². The molecule has 21 heavy (non-hydrogen) atoms.